The quantitative estimate of drug-likeness (QED) is 0.539. The average molecular weight is 373 g/mol. The molecule has 27 heavy (non-hydrogen) atoms. The average Bonchev–Trinajstić information content (AvgIpc) is 2.65. The highest BCUT2D eigenvalue weighted by Gasteiger charge is 2.15. The molecular weight excluding hydrogens is 354 g/mol. The van der Waals surface area contributed by atoms with Gasteiger partial charge in [0.2, 0.25) is 5.91 Å². The molecular formula is C18H19N3O6. The van der Waals surface area contributed by atoms with E-state index in [9.17, 15) is 19.7 Å². The van der Waals surface area contributed by atoms with Gasteiger partial charge in [-0.05, 0) is 30.7 Å². The van der Waals surface area contributed by atoms with E-state index in [1.807, 2.05) is 25.1 Å². The van der Waals surface area contributed by atoms with E-state index in [0.717, 1.165) is 5.56 Å². The maximum Gasteiger partial charge on any atom is 0.310 e. The smallest absolute Gasteiger partial charge is 0.310 e. The number of carbonyl (C=O) groups is 2. The Labute approximate surface area is 155 Å². The molecule has 9 nitrogen and oxygen atoms in total. The normalized spacial score (nSPS) is 9.96. The molecule has 0 saturated carbocycles. The summed E-state index contributed by atoms with van der Waals surface area (Å²) in [6.07, 6.45) is 0.0409. The number of nitrogens with one attached hydrogen (secondary N) is 2. The number of benzene rings is 2. The number of nitrogens with zero attached hydrogens (tertiary/aromatic N) is 1. The standard InChI is InChI=1S/C18H19N3O6/c1-13-5-4-6-14(11-13)26-10-9-17(22)19-20-18(23)12-27-16-8-3-2-7-15(16)21(24)25/h2-8,11H,9-10,12H2,1H3,(H,19,22)(H,20,23). The van der Waals surface area contributed by atoms with Gasteiger partial charge in [-0.2, -0.15) is 0 Å². The van der Waals surface area contributed by atoms with Crippen LogP contribution in [0.4, 0.5) is 5.69 Å². The lowest BCUT2D eigenvalue weighted by Crippen LogP contribution is -2.44. The van der Waals surface area contributed by atoms with Gasteiger partial charge < -0.3 is 9.47 Å². The number of ether oxygens (including phenoxy) is 2. The third-order valence-corrected chi connectivity index (χ3v) is 3.35. The fraction of sp³-hybridized carbons (Fsp3) is 0.222. The minimum atomic E-state index is -0.652. The van der Waals surface area contributed by atoms with Gasteiger partial charge >= 0.3 is 5.69 Å². The second-order valence-corrected chi connectivity index (χ2v) is 5.52. The molecule has 2 N–H and O–H groups in total. The second kappa shape index (κ2) is 9.76. The molecule has 0 spiro atoms. The van der Waals surface area contributed by atoms with Gasteiger partial charge in [-0.25, -0.2) is 0 Å². The summed E-state index contributed by atoms with van der Waals surface area (Å²) in [6, 6.07) is 13.1. The number of hydrogen-bond donors (Lipinski definition) is 2. The maximum atomic E-state index is 11.7. The summed E-state index contributed by atoms with van der Waals surface area (Å²) in [5.41, 5.74) is 5.19. The van der Waals surface area contributed by atoms with E-state index in [2.05, 4.69) is 10.9 Å². The zero-order valence-corrected chi connectivity index (χ0v) is 14.6. The van der Waals surface area contributed by atoms with E-state index < -0.39 is 23.3 Å². The predicted octanol–water partition coefficient (Wildman–Crippen LogP) is 1.90. The fourth-order valence-electron chi connectivity index (χ4n) is 2.08. The molecule has 0 aliphatic carbocycles. The summed E-state index contributed by atoms with van der Waals surface area (Å²) in [6.45, 7) is 1.60. The van der Waals surface area contributed by atoms with Crippen molar-refractivity contribution < 1.29 is 24.0 Å². The number of rotatable bonds is 8. The van der Waals surface area contributed by atoms with Crippen molar-refractivity contribution in [3.05, 3.63) is 64.2 Å². The molecule has 0 saturated heterocycles. The lowest BCUT2D eigenvalue weighted by Gasteiger charge is -2.10. The molecule has 0 atom stereocenters. The number of carbonyl (C=O) groups excluding carboxylic acids is 2. The summed E-state index contributed by atoms with van der Waals surface area (Å²) >= 11 is 0. The van der Waals surface area contributed by atoms with Crippen molar-refractivity contribution in [3.8, 4) is 11.5 Å². The Morgan fingerprint density at radius 1 is 1.04 bits per heavy atom. The second-order valence-electron chi connectivity index (χ2n) is 5.52. The van der Waals surface area contributed by atoms with Crippen LogP contribution in [0.1, 0.15) is 12.0 Å². The molecule has 142 valence electrons. The molecule has 2 rings (SSSR count). The lowest BCUT2D eigenvalue weighted by molar-refractivity contribution is -0.385. The van der Waals surface area contributed by atoms with E-state index >= 15 is 0 Å². The SMILES string of the molecule is Cc1cccc(OCCC(=O)NNC(=O)COc2ccccc2[N+](=O)[O-])c1. The first-order chi connectivity index (χ1) is 13.0. The topological polar surface area (TPSA) is 120 Å². The fourth-order valence-corrected chi connectivity index (χ4v) is 2.08. The summed E-state index contributed by atoms with van der Waals surface area (Å²) < 4.78 is 10.6. The Hall–Kier alpha value is -3.62. The highest BCUT2D eigenvalue weighted by Crippen LogP contribution is 2.25. The van der Waals surface area contributed by atoms with Crippen LogP contribution in [0.2, 0.25) is 0 Å². The Kier molecular flexibility index (Phi) is 7.12. The van der Waals surface area contributed by atoms with Crippen molar-refractivity contribution in [3.63, 3.8) is 0 Å². The van der Waals surface area contributed by atoms with Crippen molar-refractivity contribution in [2.24, 2.45) is 0 Å². The van der Waals surface area contributed by atoms with Crippen molar-refractivity contribution in [2.45, 2.75) is 13.3 Å². The van der Waals surface area contributed by atoms with Crippen LogP contribution in [0.3, 0.4) is 0 Å². The number of hydrazine groups is 1. The van der Waals surface area contributed by atoms with Gasteiger partial charge in [0.1, 0.15) is 5.75 Å². The van der Waals surface area contributed by atoms with Crippen LogP contribution in [0.25, 0.3) is 0 Å². The molecule has 2 aromatic carbocycles. The van der Waals surface area contributed by atoms with Gasteiger partial charge in [-0.1, -0.05) is 24.3 Å². The molecule has 0 heterocycles. The van der Waals surface area contributed by atoms with Gasteiger partial charge in [0.05, 0.1) is 18.0 Å². The van der Waals surface area contributed by atoms with Crippen LogP contribution in [-0.2, 0) is 9.59 Å². The van der Waals surface area contributed by atoms with Crippen molar-refractivity contribution >= 4 is 17.5 Å². The largest absolute Gasteiger partial charge is 0.493 e. The first-order valence-electron chi connectivity index (χ1n) is 8.09. The molecule has 0 bridgehead atoms. The zero-order chi connectivity index (χ0) is 19.6. The number of hydrogen-bond acceptors (Lipinski definition) is 6. The summed E-state index contributed by atoms with van der Waals surface area (Å²) in [7, 11) is 0. The van der Waals surface area contributed by atoms with Crippen LogP contribution in [0, 0.1) is 17.0 Å². The molecule has 0 fully saturated rings. The van der Waals surface area contributed by atoms with Crippen molar-refractivity contribution in [2.75, 3.05) is 13.2 Å². The first kappa shape index (κ1) is 19.7. The number of amides is 2. The highest BCUT2D eigenvalue weighted by molar-refractivity contribution is 5.82. The summed E-state index contributed by atoms with van der Waals surface area (Å²) in [4.78, 5) is 33.6. The highest BCUT2D eigenvalue weighted by atomic mass is 16.6. The van der Waals surface area contributed by atoms with Gasteiger partial charge in [0.15, 0.2) is 12.4 Å². The number of para-hydroxylation sites is 2. The van der Waals surface area contributed by atoms with E-state index in [0.29, 0.717) is 5.75 Å². The number of nitro groups is 1. The molecule has 0 radical (unpaired) electrons. The van der Waals surface area contributed by atoms with Crippen LogP contribution < -0.4 is 20.3 Å². The lowest BCUT2D eigenvalue weighted by atomic mass is 10.2. The van der Waals surface area contributed by atoms with Crippen LogP contribution >= 0.6 is 0 Å². The van der Waals surface area contributed by atoms with Gasteiger partial charge in [0.25, 0.3) is 5.91 Å². The van der Waals surface area contributed by atoms with Crippen LogP contribution in [0.15, 0.2) is 48.5 Å². The van der Waals surface area contributed by atoms with E-state index in [4.69, 9.17) is 9.47 Å². The van der Waals surface area contributed by atoms with Crippen LogP contribution in [0.5, 0.6) is 11.5 Å². The molecule has 2 amide bonds. The molecule has 0 aliphatic rings. The number of aryl methyl sites for hydroxylation is 1. The van der Waals surface area contributed by atoms with Crippen molar-refractivity contribution in [1.82, 2.24) is 10.9 Å². The van der Waals surface area contributed by atoms with Gasteiger partial charge in [0, 0.05) is 6.07 Å². The Morgan fingerprint density at radius 2 is 1.78 bits per heavy atom. The molecule has 2 aromatic rings. The summed E-state index contributed by atoms with van der Waals surface area (Å²) in [5.74, 6) is -0.469. The minimum absolute atomic E-state index is 0.0319. The van der Waals surface area contributed by atoms with E-state index in [1.165, 1.54) is 18.2 Å². The van der Waals surface area contributed by atoms with Gasteiger partial charge in [-0.15, -0.1) is 0 Å². The Balaban J connectivity index is 1.68. The molecule has 9 heteroatoms. The maximum absolute atomic E-state index is 11.7. The van der Waals surface area contributed by atoms with Crippen molar-refractivity contribution in [1.29, 1.82) is 0 Å². The summed E-state index contributed by atoms with van der Waals surface area (Å²) in [5, 5.41) is 10.9. The number of nitro benzene ring substituents is 1. The van der Waals surface area contributed by atoms with Crippen LogP contribution in [-0.4, -0.2) is 30.0 Å². The zero-order valence-electron chi connectivity index (χ0n) is 14.6. The third kappa shape index (κ3) is 6.65. The molecule has 0 unspecified atom stereocenters. The Bertz CT molecular complexity index is 824. The van der Waals surface area contributed by atoms with E-state index in [1.54, 1.807) is 12.1 Å². The molecule has 0 aliphatic heterocycles. The first-order valence-corrected chi connectivity index (χ1v) is 8.09. The monoisotopic (exact) mass is 373 g/mol. The van der Waals surface area contributed by atoms with E-state index in [-0.39, 0.29) is 24.5 Å². The molecule has 0 aromatic heterocycles. The van der Waals surface area contributed by atoms with Gasteiger partial charge in [-0.3, -0.25) is 30.6 Å². The minimum Gasteiger partial charge on any atom is -0.493 e. The predicted molar refractivity (Wildman–Crippen MR) is 96.2 cm³/mol. The Morgan fingerprint density at radius 3 is 2.52 bits per heavy atom. The third-order valence-electron chi connectivity index (χ3n) is 3.35.